The van der Waals surface area contributed by atoms with Gasteiger partial charge in [0.25, 0.3) is 0 Å². The lowest BCUT2D eigenvalue weighted by molar-refractivity contribution is -0.130. The van der Waals surface area contributed by atoms with Gasteiger partial charge in [0.2, 0.25) is 5.91 Å². The first-order valence-electron chi connectivity index (χ1n) is 5.70. The third-order valence-corrected chi connectivity index (χ3v) is 2.48. The summed E-state index contributed by atoms with van der Waals surface area (Å²) >= 11 is 0. The Kier molecular flexibility index (Phi) is 4.99. The molecule has 0 saturated heterocycles. The van der Waals surface area contributed by atoms with Crippen LogP contribution in [0.2, 0.25) is 0 Å². The molecule has 0 aliphatic heterocycles. The van der Waals surface area contributed by atoms with E-state index in [4.69, 9.17) is 5.73 Å². The summed E-state index contributed by atoms with van der Waals surface area (Å²) in [5.74, 6) is 0.0170. The van der Waals surface area contributed by atoms with Crippen LogP contribution < -0.4 is 5.73 Å². The number of amides is 1. The van der Waals surface area contributed by atoms with Crippen molar-refractivity contribution in [3.63, 3.8) is 0 Å². The lowest BCUT2D eigenvalue weighted by Gasteiger charge is -2.21. The maximum Gasteiger partial charge on any atom is 0.236 e. The monoisotopic (exact) mass is 220 g/mol. The predicted molar refractivity (Wildman–Crippen MR) is 65.9 cm³/mol. The highest BCUT2D eigenvalue weighted by Crippen LogP contribution is 2.08. The summed E-state index contributed by atoms with van der Waals surface area (Å²) in [5.41, 5.74) is 7.77. The molecule has 0 atom stereocenters. The maximum atomic E-state index is 11.6. The van der Waals surface area contributed by atoms with Gasteiger partial charge < -0.3 is 10.6 Å². The van der Waals surface area contributed by atoms with Gasteiger partial charge in [-0.25, -0.2) is 0 Å². The maximum absolute atomic E-state index is 11.6. The van der Waals surface area contributed by atoms with Crippen molar-refractivity contribution in [2.24, 2.45) is 5.73 Å². The highest BCUT2D eigenvalue weighted by atomic mass is 16.2. The number of carbonyl (C=O) groups is 1. The van der Waals surface area contributed by atoms with Crippen molar-refractivity contribution in [1.82, 2.24) is 4.90 Å². The molecule has 88 valence electrons. The van der Waals surface area contributed by atoms with E-state index in [0.717, 1.165) is 18.5 Å². The largest absolute Gasteiger partial charge is 0.337 e. The second-order valence-electron chi connectivity index (χ2n) is 4.01. The molecule has 0 radical (unpaired) electrons. The zero-order valence-electron chi connectivity index (χ0n) is 10.1. The van der Waals surface area contributed by atoms with E-state index in [2.05, 4.69) is 26.0 Å². The van der Waals surface area contributed by atoms with Gasteiger partial charge in [-0.05, 0) is 18.9 Å². The van der Waals surface area contributed by atoms with Crippen molar-refractivity contribution in [3.05, 3.63) is 35.4 Å². The number of carbonyl (C=O) groups excluding carboxylic acids is 1. The zero-order chi connectivity index (χ0) is 12.0. The summed E-state index contributed by atoms with van der Waals surface area (Å²) in [6.45, 7) is 5.63. The summed E-state index contributed by atoms with van der Waals surface area (Å²) in [5, 5.41) is 0. The predicted octanol–water partition coefficient (Wildman–Crippen LogP) is 1.69. The quantitative estimate of drug-likeness (QED) is 0.821. The van der Waals surface area contributed by atoms with Gasteiger partial charge in [0.15, 0.2) is 0 Å². The molecule has 0 unspecified atom stereocenters. The standard InChI is InChI=1S/C13H20N2O/c1-3-7-15(13(16)9-14)10-12-6-4-5-11(2)8-12/h4-6,8H,3,7,9-10,14H2,1-2H3. The molecule has 0 spiro atoms. The molecule has 16 heavy (non-hydrogen) atoms. The van der Waals surface area contributed by atoms with Crippen LogP contribution in [0.3, 0.4) is 0 Å². The summed E-state index contributed by atoms with van der Waals surface area (Å²) in [6.07, 6.45) is 0.956. The van der Waals surface area contributed by atoms with Crippen LogP contribution in [-0.2, 0) is 11.3 Å². The Morgan fingerprint density at radius 2 is 2.19 bits per heavy atom. The van der Waals surface area contributed by atoms with Crippen LogP contribution in [0.4, 0.5) is 0 Å². The van der Waals surface area contributed by atoms with E-state index in [1.807, 2.05) is 17.0 Å². The molecule has 1 aromatic rings. The van der Waals surface area contributed by atoms with E-state index in [1.54, 1.807) is 0 Å². The molecule has 1 aromatic carbocycles. The first kappa shape index (κ1) is 12.7. The van der Waals surface area contributed by atoms with E-state index in [-0.39, 0.29) is 12.5 Å². The van der Waals surface area contributed by atoms with Crippen molar-refractivity contribution in [2.45, 2.75) is 26.8 Å². The molecule has 0 bridgehead atoms. The minimum Gasteiger partial charge on any atom is -0.337 e. The van der Waals surface area contributed by atoms with Gasteiger partial charge in [-0.1, -0.05) is 36.8 Å². The molecule has 1 rings (SSSR count). The van der Waals surface area contributed by atoms with Crippen LogP contribution in [0.1, 0.15) is 24.5 Å². The molecule has 3 nitrogen and oxygen atoms in total. The molecule has 0 fully saturated rings. The average molecular weight is 220 g/mol. The molecule has 2 N–H and O–H groups in total. The van der Waals surface area contributed by atoms with Crippen LogP contribution in [0.15, 0.2) is 24.3 Å². The second kappa shape index (κ2) is 6.28. The SMILES string of the molecule is CCCN(Cc1cccc(C)c1)C(=O)CN. The Labute approximate surface area is 97.2 Å². The minimum absolute atomic E-state index is 0.0170. The lowest BCUT2D eigenvalue weighted by Crippen LogP contribution is -2.36. The van der Waals surface area contributed by atoms with E-state index in [1.165, 1.54) is 5.56 Å². The molecular weight excluding hydrogens is 200 g/mol. The summed E-state index contributed by atoms with van der Waals surface area (Å²) in [4.78, 5) is 13.4. The van der Waals surface area contributed by atoms with Gasteiger partial charge in [0.1, 0.15) is 0 Å². The lowest BCUT2D eigenvalue weighted by atomic mass is 10.1. The third kappa shape index (κ3) is 3.66. The van der Waals surface area contributed by atoms with Crippen LogP contribution >= 0.6 is 0 Å². The van der Waals surface area contributed by atoms with E-state index in [0.29, 0.717) is 6.54 Å². The van der Waals surface area contributed by atoms with E-state index < -0.39 is 0 Å². The number of rotatable bonds is 5. The highest BCUT2D eigenvalue weighted by molar-refractivity contribution is 5.78. The molecule has 0 aromatic heterocycles. The number of hydrogen-bond acceptors (Lipinski definition) is 2. The normalized spacial score (nSPS) is 10.2. The Morgan fingerprint density at radius 3 is 2.75 bits per heavy atom. The first-order valence-corrected chi connectivity index (χ1v) is 5.70. The number of benzene rings is 1. The fourth-order valence-electron chi connectivity index (χ4n) is 1.72. The zero-order valence-corrected chi connectivity index (χ0v) is 10.1. The van der Waals surface area contributed by atoms with Gasteiger partial charge in [-0.15, -0.1) is 0 Å². The van der Waals surface area contributed by atoms with Crippen molar-refractivity contribution in [2.75, 3.05) is 13.1 Å². The van der Waals surface area contributed by atoms with Gasteiger partial charge in [-0.2, -0.15) is 0 Å². The van der Waals surface area contributed by atoms with Gasteiger partial charge in [-0.3, -0.25) is 4.79 Å². The van der Waals surface area contributed by atoms with Gasteiger partial charge in [0.05, 0.1) is 6.54 Å². The van der Waals surface area contributed by atoms with Crippen LogP contribution in [0, 0.1) is 6.92 Å². The number of hydrogen-bond donors (Lipinski definition) is 1. The number of aryl methyl sites for hydroxylation is 1. The van der Waals surface area contributed by atoms with Crippen LogP contribution in [0.25, 0.3) is 0 Å². The fraction of sp³-hybridized carbons (Fsp3) is 0.462. The van der Waals surface area contributed by atoms with Gasteiger partial charge >= 0.3 is 0 Å². The topological polar surface area (TPSA) is 46.3 Å². The molecule has 0 aliphatic carbocycles. The van der Waals surface area contributed by atoms with Gasteiger partial charge in [0, 0.05) is 13.1 Å². The first-order chi connectivity index (χ1) is 7.67. The molecule has 3 heteroatoms. The fourth-order valence-corrected chi connectivity index (χ4v) is 1.72. The number of nitrogens with zero attached hydrogens (tertiary/aromatic N) is 1. The Balaban J connectivity index is 2.71. The van der Waals surface area contributed by atoms with Crippen molar-refractivity contribution < 1.29 is 4.79 Å². The van der Waals surface area contributed by atoms with Crippen molar-refractivity contribution in [1.29, 1.82) is 0 Å². The van der Waals surface area contributed by atoms with E-state index in [9.17, 15) is 4.79 Å². The van der Waals surface area contributed by atoms with Crippen molar-refractivity contribution in [3.8, 4) is 0 Å². The number of nitrogens with two attached hydrogens (primary N) is 1. The molecule has 1 amide bonds. The van der Waals surface area contributed by atoms with Crippen LogP contribution in [0.5, 0.6) is 0 Å². The Hall–Kier alpha value is -1.35. The molecule has 0 heterocycles. The summed E-state index contributed by atoms with van der Waals surface area (Å²) in [7, 11) is 0. The molecule has 0 aliphatic rings. The van der Waals surface area contributed by atoms with Crippen LogP contribution in [-0.4, -0.2) is 23.9 Å². The Bertz CT molecular complexity index is 350. The smallest absolute Gasteiger partial charge is 0.236 e. The molecule has 0 saturated carbocycles. The third-order valence-electron chi connectivity index (χ3n) is 2.48. The molecular formula is C13H20N2O. The minimum atomic E-state index is 0.0170. The summed E-state index contributed by atoms with van der Waals surface area (Å²) < 4.78 is 0. The Morgan fingerprint density at radius 1 is 1.44 bits per heavy atom. The average Bonchev–Trinajstić information content (AvgIpc) is 2.27. The second-order valence-corrected chi connectivity index (χ2v) is 4.01. The summed E-state index contributed by atoms with van der Waals surface area (Å²) in [6, 6.07) is 8.21. The highest BCUT2D eigenvalue weighted by Gasteiger charge is 2.10. The van der Waals surface area contributed by atoms with Crippen molar-refractivity contribution >= 4 is 5.91 Å². The van der Waals surface area contributed by atoms with E-state index >= 15 is 0 Å².